The fraction of sp³-hybridized carbons (Fsp3) is 0.364. The van der Waals surface area contributed by atoms with Crippen LogP contribution in [0.2, 0.25) is 0 Å². The van der Waals surface area contributed by atoms with E-state index in [2.05, 4.69) is 10.0 Å². The lowest BCUT2D eigenvalue weighted by atomic mass is 9.69. The van der Waals surface area contributed by atoms with Crippen LogP contribution < -0.4 is 10.0 Å². The fourth-order valence-corrected chi connectivity index (χ4v) is 5.32. The standard InChI is InChI=1S/C22H26N2O5S/c25-20(15-22(16-21(26)27)13-7-2-8-14-22)23-18-11-5-6-12-19(18)30(28,29)24-17-9-3-1-4-10-17/h1,3-6,9-12,24H,2,7-8,13-16H2,(H,23,25)(H,26,27). The van der Waals surface area contributed by atoms with Crippen LogP contribution in [0.4, 0.5) is 11.4 Å². The number of aliphatic carboxylic acids is 1. The number of anilines is 2. The van der Waals surface area contributed by atoms with E-state index in [0.29, 0.717) is 18.5 Å². The number of hydrogen-bond donors (Lipinski definition) is 3. The SMILES string of the molecule is O=C(O)CC1(CC(=O)Nc2ccccc2S(=O)(=O)Nc2ccccc2)CCCCC1. The van der Waals surface area contributed by atoms with Crippen molar-refractivity contribution in [3.8, 4) is 0 Å². The molecule has 0 aliphatic heterocycles. The van der Waals surface area contributed by atoms with E-state index in [-0.39, 0.29) is 29.3 Å². The summed E-state index contributed by atoms with van der Waals surface area (Å²) in [5.41, 5.74) is 0.0121. The largest absolute Gasteiger partial charge is 0.481 e. The lowest BCUT2D eigenvalue weighted by Gasteiger charge is -2.35. The minimum Gasteiger partial charge on any atom is -0.481 e. The first-order valence-corrected chi connectivity index (χ1v) is 11.5. The van der Waals surface area contributed by atoms with Gasteiger partial charge in [0.15, 0.2) is 0 Å². The van der Waals surface area contributed by atoms with E-state index in [9.17, 15) is 23.1 Å². The summed E-state index contributed by atoms with van der Waals surface area (Å²) in [6.07, 6.45) is 4.19. The molecule has 1 fully saturated rings. The van der Waals surface area contributed by atoms with Crippen molar-refractivity contribution >= 4 is 33.3 Å². The number of carboxylic acid groups (broad SMARTS) is 1. The lowest BCUT2D eigenvalue weighted by Crippen LogP contribution is -2.32. The van der Waals surface area contributed by atoms with Gasteiger partial charge in [0.25, 0.3) is 10.0 Å². The Bertz CT molecular complexity index is 999. The van der Waals surface area contributed by atoms with Gasteiger partial charge in [0.2, 0.25) is 5.91 Å². The highest BCUT2D eigenvalue weighted by atomic mass is 32.2. The molecule has 1 aliphatic rings. The highest BCUT2D eigenvalue weighted by Crippen LogP contribution is 2.42. The Morgan fingerprint density at radius 1 is 0.900 bits per heavy atom. The normalized spacial score (nSPS) is 15.9. The van der Waals surface area contributed by atoms with Crippen LogP contribution in [0, 0.1) is 5.41 Å². The number of hydrogen-bond acceptors (Lipinski definition) is 4. The van der Waals surface area contributed by atoms with E-state index < -0.39 is 21.4 Å². The monoisotopic (exact) mass is 430 g/mol. The Balaban J connectivity index is 1.78. The third-order valence-corrected chi connectivity index (χ3v) is 6.89. The van der Waals surface area contributed by atoms with Gasteiger partial charge in [-0.3, -0.25) is 14.3 Å². The third-order valence-electron chi connectivity index (χ3n) is 5.45. The second kappa shape index (κ2) is 9.30. The summed E-state index contributed by atoms with van der Waals surface area (Å²) < 4.78 is 28.2. The van der Waals surface area contributed by atoms with Gasteiger partial charge in [-0.1, -0.05) is 49.6 Å². The van der Waals surface area contributed by atoms with Crippen LogP contribution in [0.5, 0.6) is 0 Å². The molecule has 2 aromatic rings. The van der Waals surface area contributed by atoms with E-state index in [1.165, 1.54) is 12.1 Å². The molecule has 3 N–H and O–H groups in total. The molecular formula is C22H26N2O5S. The summed E-state index contributed by atoms with van der Waals surface area (Å²) in [7, 11) is -3.92. The molecule has 1 saturated carbocycles. The molecule has 160 valence electrons. The predicted molar refractivity (Wildman–Crippen MR) is 115 cm³/mol. The molecule has 7 nitrogen and oxygen atoms in total. The second-order valence-electron chi connectivity index (χ2n) is 7.82. The van der Waals surface area contributed by atoms with Crippen molar-refractivity contribution < 1.29 is 23.1 Å². The summed E-state index contributed by atoms with van der Waals surface area (Å²) in [5, 5.41) is 12.0. The average molecular weight is 431 g/mol. The number of carboxylic acids is 1. The maximum atomic E-state index is 12.9. The first-order valence-electron chi connectivity index (χ1n) is 9.98. The van der Waals surface area contributed by atoms with Crippen molar-refractivity contribution in [2.45, 2.75) is 49.8 Å². The Morgan fingerprint density at radius 3 is 2.20 bits per heavy atom. The number of para-hydroxylation sites is 2. The smallest absolute Gasteiger partial charge is 0.303 e. The molecule has 1 amide bonds. The molecule has 0 bridgehead atoms. The van der Waals surface area contributed by atoms with Crippen LogP contribution in [-0.2, 0) is 19.6 Å². The predicted octanol–water partition coefficient (Wildman–Crippen LogP) is 4.24. The molecule has 8 heteroatoms. The van der Waals surface area contributed by atoms with Gasteiger partial charge in [0, 0.05) is 12.1 Å². The van der Waals surface area contributed by atoms with Gasteiger partial charge in [0.1, 0.15) is 4.90 Å². The zero-order valence-electron chi connectivity index (χ0n) is 16.6. The Kier molecular flexibility index (Phi) is 6.77. The molecule has 2 aromatic carbocycles. The Hall–Kier alpha value is -2.87. The minimum absolute atomic E-state index is 0.0434. The van der Waals surface area contributed by atoms with Crippen LogP contribution in [0.25, 0.3) is 0 Å². The number of carbonyl (C=O) groups excluding carboxylic acids is 1. The van der Waals surface area contributed by atoms with Gasteiger partial charge in [-0.05, 0) is 42.5 Å². The second-order valence-corrected chi connectivity index (χ2v) is 9.47. The molecule has 3 rings (SSSR count). The molecule has 0 heterocycles. The number of nitrogens with one attached hydrogen (secondary N) is 2. The van der Waals surface area contributed by atoms with E-state index in [4.69, 9.17) is 0 Å². The summed E-state index contributed by atoms with van der Waals surface area (Å²) in [4.78, 5) is 24.1. The van der Waals surface area contributed by atoms with Gasteiger partial charge in [-0.15, -0.1) is 0 Å². The van der Waals surface area contributed by atoms with Crippen LogP contribution >= 0.6 is 0 Å². The van der Waals surface area contributed by atoms with Gasteiger partial charge >= 0.3 is 5.97 Å². The summed E-state index contributed by atoms with van der Waals surface area (Å²) in [5.74, 6) is -1.29. The quantitative estimate of drug-likeness (QED) is 0.580. The molecule has 0 aromatic heterocycles. The van der Waals surface area contributed by atoms with Crippen molar-refractivity contribution in [1.29, 1.82) is 0 Å². The number of rotatable bonds is 8. The summed E-state index contributed by atoms with van der Waals surface area (Å²) in [6.45, 7) is 0. The highest BCUT2D eigenvalue weighted by molar-refractivity contribution is 7.92. The van der Waals surface area contributed by atoms with Gasteiger partial charge < -0.3 is 10.4 Å². The molecule has 0 unspecified atom stereocenters. The molecule has 0 spiro atoms. The third kappa shape index (κ3) is 5.60. The van der Waals surface area contributed by atoms with Gasteiger partial charge in [-0.2, -0.15) is 0 Å². The van der Waals surface area contributed by atoms with Crippen LogP contribution in [0.1, 0.15) is 44.9 Å². The molecule has 0 atom stereocenters. The minimum atomic E-state index is -3.92. The highest BCUT2D eigenvalue weighted by Gasteiger charge is 2.36. The Labute approximate surface area is 176 Å². The van der Waals surface area contributed by atoms with Gasteiger partial charge in [0.05, 0.1) is 12.1 Å². The zero-order chi connectivity index (χ0) is 21.6. The summed E-state index contributed by atoms with van der Waals surface area (Å²) >= 11 is 0. The maximum Gasteiger partial charge on any atom is 0.303 e. The molecular weight excluding hydrogens is 404 g/mol. The van der Waals surface area contributed by atoms with Crippen molar-refractivity contribution in [2.24, 2.45) is 5.41 Å². The van der Waals surface area contributed by atoms with Crippen molar-refractivity contribution in [3.05, 3.63) is 54.6 Å². The van der Waals surface area contributed by atoms with E-state index in [1.54, 1.807) is 42.5 Å². The van der Waals surface area contributed by atoms with Crippen LogP contribution in [0.15, 0.2) is 59.5 Å². The van der Waals surface area contributed by atoms with E-state index in [0.717, 1.165) is 19.3 Å². The maximum absolute atomic E-state index is 12.9. The molecule has 0 saturated heterocycles. The molecule has 1 aliphatic carbocycles. The molecule has 0 radical (unpaired) electrons. The lowest BCUT2D eigenvalue weighted by molar-refractivity contribution is -0.140. The number of carbonyl (C=O) groups is 2. The van der Waals surface area contributed by atoms with E-state index >= 15 is 0 Å². The zero-order valence-corrected chi connectivity index (χ0v) is 17.5. The molecule has 30 heavy (non-hydrogen) atoms. The van der Waals surface area contributed by atoms with E-state index in [1.807, 2.05) is 0 Å². The van der Waals surface area contributed by atoms with Crippen molar-refractivity contribution in [3.63, 3.8) is 0 Å². The van der Waals surface area contributed by atoms with Crippen LogP contribution in [-0.4, -0.2) is 25.4 Å². The van der Waals surface area contributed by atoms with Crippen molar-refractivity contribution in [2.75, 3.05) is 10.0 Å². The number of benzene rings is 2. The topological polar surface area (TPSA) is 113 Å². The number of amides is 1. The summed E-state index contributed by atoms with van der Waals surface area (Å²) in [6, 6.07) is 14.7. The first-order chi connectivity index (χ1) is 14.3. The van der Waals surface area contributed by atoms with Crippen LogP contribution in [0.3, 0.4) is 0 Å². The average Bonchev–Trinajstić information content (AvgIpc) is 2.68. The first kappa shape index (κ1) is 21.8. The van der Waals surface area contributed by atoms with Gasteiger partial charge in [-0.25, -0.2) is 8.42 Å². The fourth-order valence-electron chi connectivity index (χ4n) is 4.09. The Morgan fingerprint density at radius 2 is 1.53 bits per heavy atom. The van der Waals surface area contributed by atoms with Crippen molar-refractivity contribution in [1.82, 2.24) is 0 Å². The number of sulfonamides is 1.